The van der Waals surface area contributed by atoms with E-state index >= 15 is 0 Å². The molecular weight excluding hydrogens is 302 g/mol. The summed E-state index contributed by atoms with van der Waals surface area (Å²) < 4.78 is 28.3. The Hall–Kier alpha value is -2.74. The fourth-order valence-corrected chi connectivity index (χ4v) is 3.64. The quantitative estimate of drug-likeness (QED) is 0.561. The first kappa shape index (κ1) is 13.0. The molecule has 0 N–H and O–H groups in total. The number of nitrogens with zero attached hydrogens (tertiary/aromatic N) is 5. The third-order valence-corrected chi connectivity index (χ3v) is 5.19. The van der Waals surface area contributed by atoms with Crippen LogP contribution in [-0.2, 0) is 10.0 Å². The molecule has 0 aliphatic carbocycles. The van der Waals surface area contributed by atoms with Gasteiger partial charge in [0.25, 0.3) is 10.0 Å². The van der Waals surface area contributed by atoms with Gasteiger partial charge in [-0.15, -0.1) is 5.10 Å². The van der Waals surface area contributed by atoms with Crippen LogP contribution >= 0.6 is 0 Å². The van der Waals surface area contributed by atoms with Crippen LogP contribution in [0.3, 0.4) is 0 Å². The standard InChI is InChI=1S/C14H11N5O2S/c1-10-2-4-12(5-3-10)22(20,21)18-7-6-13-14(18)15-8-11-9-16-17-19(11)13/h2-9H,1H3. The number of benzene rings is 1. The van der Waals surface area contributed by atoms with Gasteiger partial charge in [-0.2, -0.15) is 0 Å². The van der Waals surface area contributed by atoms with Crippen LogP contribution in [0.1, 0.15) is 5.56 Å². The second-order valence-electron chi connectivity index (χ2n) is 4.97. The highest BCUT2D eigenvalue weighted by molar-refractivity contribution is 7.90. The highest BCUT2D eigenvalue weighted by Crippen LogP contribution is 2.21. The molecule has 3 aromatic heterocycles. The molecule has 0 fully saturated rings. The molecular formula is C14H11N5O2S. The summed E-state index contributed by atoms with van der Waals surface area (Å²) in [6.45, 7) is 1.91. The minimum absolute atomic E-state index is 0.219. The van der Waals surface area contributed by atoms with E-state index in [9.17, 15) is 8.42 Å². The van der Waals surface area contributed by atoms with Crippen molar-refractivity contribution in [1.29, 1.82) is 0 Å². The lowest BCUT2D eigenvalue weighted by molar-refractivity contribution is 0.588. The van der Waals surface area contributed by atoms with Gasteiger partial charge in [0, 0.05) is 6.20 Å². The van der Waals surface area contributed by atoms with Crippen molar-refractivity contribution in [2.75, 3.05) is 0 Å². The second-order valence-corrected chi connectivity index (χ2v) is 6.78. The highest BCUT2D eigenvalue weighted by atomic mass is 32.2. The third kappa shape index (κ3) is 1.74. The second kappa shape index (κ2) is 4.38. The average Bonchev–Trinajstić information content (AvgIpc) is 3.13. The van der Waals surface area contributed by atoms with Crippen LogP contribution in [0.15, 0.2) is 53.8 Å². The third-order valence-electron chi connectivity index (χ3n) is 3.51. The Morgan fingerprint density at radius 3 is 2.59 bits per heavy atom. The minimum Gasteiger partial charge on any atom is -0.234 e. The molecule has 0 unspecified atom stereocenters. The molecule has 0 atom stereocenters. The fraction of sp³-hybridized carbons (Fsp3) is 0.0714. The van der Waals surface area contributed by atoms with Gasteiger partial charge in [0.1, 0.15) is 11.0 Å². The van der Waals surface area contributed by atoms with Gasteiger partial charge in [0.2, 0.25) is 0 Å². The van der Waals surface area contributed by atoms with E-state index in [0.29, 0.717) is 16.7 Å². The van der Waals surface area contributed by atoms with Crippen LogP contribution in [0.5, 0.6) is 0 Å². The van der Waals surface area contributed by atoms with E-state index < -0.39 is 10.0 Å². The topological polar surface area (TPSA) is 82.1 Å². The largest absolute Gasteiger partial charge is 0.269 e. The summed E-state index contributed by atoms with van der Waals surface area (Å²) in [7, 11) is -3.70. The number of aromatic nitrogens is 5. The molecule has 22 heavy (non-hydrogen) atoms. The van der Waals surface area contributed by atoms with E-state index in [2.05, 4.69) is 15.3 Å². The van der Waals surface area contributed by atoms with Crippen molar-refractivity contribution in [3.63, 3.8) is 0 Å². The molecule has 1 aromatic carbocycles. The van der Waals surface area contributed by atoms with Gasteiger partial charge < -0.3 is 0 Å². The maximum atomic E-state index is 12.8. The Morgan fingerprint density at radius 1 is 1.05 bits per heavy atom. The Kier molecular flexibility index (Phi) is 2.58. The van der Waals surface area contributed by atoms with Crippen LogP contribution < -0.4 is 0 Å². The van der Waals surface area contributed by atoms with Crippen molar-refractivity contribution in [3.8, 4) is 0 Å². The van der Waals surface area contributed by atoms with Crippen molar-refractivity contribution >= 4 is 26.7 Å². The smallest absolute Gasteiger partial charge is 0.234 e. The van der Waals surface area contributed by atoms with Gasteiger partial charge in [0.05, 0.1) is 17.3 Å². The normalized spacial score (nSPS) is 12.2. The lowest BCUT2D eigenvalue weighted by Gasteiger charge is -2.07. The fourth-order valence-electron chi connectivity index (χ4n) is 2.35. The van der Waals surface area contributed by atoms with E-state index in [0.717, 1.165) is 9.54 Å². The molecule has 0 amide bonds. The molecule has 0 saturated heterocycles. The molecule has 0 saturated carbocycles. The molecule has 8 heteroatoms. The van der Waals surface area contributed by atoms with Gasteiger partial charge in [0.15, 0.2) is 5.65 Å². The summed E-state index contributed by atoms with van der Waals surface area (Å²) in [5, 5.41) is 7.75. The first-order chi connectivity index (χ1) is 10.6. The molecule has 0 bridgehead atoms. The number of hydrogen-bond acceptors (Lipinski definition) is 5. The molecule has 110 valence electrons. The van der Waals surface area contributed by atoms with Crippen molar-refractivity contribution in [2.24, 2.45) is 0 Å². The van der Waals surface area contributed by atoms with Crippen LogP contribution in [0.2, 0.25) is 0 Å². The zero-order valence-corrected chi connectivity index (χ0v) is 12.4. The lowest BCUT2D eigenvalue weighted by Crippen LogP contribution is -2.12. The van der Waals surface area contributed by atoms with E-state index in [4.69, 9.17) is 0 Å². The number of aryl methyl sites for hydroxylation is 1. The van der Waals surface area contributed by atoms with Gasteiger partial charge in [-0.1, -0.05) is 22.9 Å². The maximum absolute atomic E-state index is 12.8. The molecule has 3 heterocycles. The van der Waals surface area contributed by atoms with Crippen LogP contribution in [0, 0.1) is 6.92 Å². The number of rotatable bonds is 2. The van der Waals surface area contributed by atoms with E-state index in [1.807, 2.05) is 6.92 Å². The Labute approximate surface area is 125 Å². The first-order valence-corrected chi connectivity index (χ1v) is 8.00. The summed E-state index contributed by atoms with van der Waals surface area (Å²) in [4.78, 5) is 4.45. The van der Waals surface area contributed by atoms with Crippen LogP contribution in [0.4, 0.5) is 0 Å². The van der Waals surface area contributed by atoms with Gasteiger partial charge in [-0.25, -0.2) is 21.9 Å². The summed E-state index contributed by atoms with van der Waals surface area (Å²) in [5.41, 5.74) is 2.61. The molecule has 4 aromatic rings. The minimum atomic E-state index is -3.70. The molecule has 7 nitrogen and oxygen atoms in total. The van der Waals surface area contributed by atoms with Crippen molar-refractivity contribution in [1.82, 2.24) is 23.8 Å². The monoisotopic (exact) mass is 313 g/mol. The van der Waals surface area contributed by atoms with Crippen LogP contribution in [-0.4, -0.2) is 32.2 Å². The van der Waals surface area contributed by atoms with Crippen molar-refractivity contribution < 1.29 is 8.42 Å². The summed E-state index contributed by atoms with van der Waals surface area (Å²) in [6, 6.07) is 8.37. The molecule has 0 spiro atoms. The first-order valence-electron chi connectivity index (χ1n) is 6.56. The average molecular weight is 313 g/mol. The number of fused-ring (bicyclic) bond motifs is 3. The predicted molar refractivity (Wildman–Crippen MR) is 80.0 cm³/mol. The SMILES string of the molecule is Cc1ccc(S(=O)(=O)n2ccc3c2ncc2cnnn23)cc1. The maximum Gasteiger partial charge on any atom is 0.269 e. The van der Waals surface area contributed by atoms with Crippen molar-refractivity contribution in [3.05, 3.63) is 54.5 Å². The van der Waals surface area contributed by atoms with E-state index in [1.54, 1.807) is 47.2 Å². The van der Waals surface area contributed by atoms with Crippen molar-refractivity contribution in [2.45, 2.75) is 11.8 Å². The number of hydrogen-bond donors (Lipinski definition) is 0. The molecule has 4 rings (SSSR count). The Bertz CT molecular complexity index is 1090. The van der Waals surface area contributed by atoms with Gasteiger partial charge >= 0.3 is 0 Å². The zero-order valence-electron chi connectivity index (χ0n) is 11.6. The van der Waals surface area contributed by atoms with Gasteiger partial charge in [-0.05, 0) is 25.1 Å². The van der Waals surface area contributed by atoms with Crippen LogP contribution in [0.25, 0.3) is 16.7 Å². The predicted octanol–water partition coefficient (Wildman–Crippen LogP) is 1.62. The van der Waals surface area contributed by atoms with E-state index in [-0.39, 0.29) is 4.90 Å². The zero-order chi connectivity index (χ0) is 15.3. The summed E-state index contributed by atoms with van der Waals surface area (Å²) in [6.07, 6.45) is 4.59. The highest BCUT2D eigenvalue weighted by Gasteiger charge is 2.20. The molecule has 0 radical (unpaired) electrons. The molecule has 0 aliphatic rings. The Morgan fingerprint density at radius 2 is 1.82 bits per heavy atom. The van der Waals surface area contributed by atoms with Gasteiger partial charge in [-0.3, -0.25) is 0 Å². The Balaban J connectivity index is 1.99. The summed E-state index contributed by atoms with van der Waals surface area (Å²) in [5.74, 6) is 0. The summed E-state index contributed by atoms with van der Waals surface area (Å²) >= 11 is 0. The molecule has 0 aliphatic heterocycles. The van der Waals surface area contributed by atoms with E-state index in [1.165, 1.54) is 6.20 Å². The lowest BCUT2D eigenvalue weighted by atomic mass is 10.2.